The molecule has 4 heteroatoms. The van der Waals surface area contributed by atoms with Crippen molar-refractivity contribution >= 4 is 22.5 Å². The molecule has 1 amide bonds. The Kier molecular flexibility index (Phi) is 3.09. The zero-order valence-electron chi connectivity index (χ0n) is 11.9. The van der Waals surface area contributed by atoms with E-state index in [1.807, 2.05) is 60.7 Å². The van der Waals surface area contributed by atoms with Crippen molar-refractivity contribution in [2.24, 2.45) is 0 Å². The summed E-state index contributed by atoms with van der Waals surface area (Å²) in [7, 11) is 0. The Morgan fingerprint density at radius 3 is 2.77 bits per heavy atom. The summed E-state index contributed by atoms with van der Waals surface area (Å²) < 4.78 is 0. The van der Waals surface area contributed by atoms with Gasteiger partial charge >= 0.3 is 0 Å². The van der Waals surface area contributed by atoms with E-state index in [1.165, 1.54) is 5.06 Å². The molecular weight excluding hydrogens is 276 g/mol. The summed E-state index contributed by atoms with van der Waals surface area (Å²) in [5, 5.41) is 2.47. The Hall–Kier alpha value is -2.72. The lowest BCUT2D eigenvalue weighted by molar-refractivity contribution is -0.124. The van der Waals surface area contributed by atoms with Crippen LogP contribution in [-0.2, 0) is 22.7 Å². The van der Waals surface area contributed by atoms with Crippen LogP contribution in [0.15, 0.2) is 60.7 Å². The van der Waals surface area contributed by atoms with Crippen LogP contribution < -0.4 is 5.06 Å². The second kappa shape index (κ2) is 5.24. The van der Waals surface area contributed by atoms with Gasteiger partial charge in [0.1, 0.15) is 6.61 Å². The fourth-order valence-corrected chi connectivity index (χ4v) is 2.69. The second-order valence-corrected chi connectivity index (χ2v) is 5.26. The van der Waals surface area contributed by atoms with E-state index in [0.29, 0.717) is 6.42 Å². The number of hydrogen-bond donors (Lipinski definition) is 0. The molecule has 0 atom stereocenters. The molecule has 0 saturated carbocycles. The number of fused-ring (bicyclic) bond motifs is 2. The Bertz CT molecular complexity index is 860. The first-order valence-corrected chi connectivity index (χ1v) is 7.20. The molecule has 0 bridgehead atoms. The van der Waals surface area contributed by atoms with Crippen LogP contribution in [0.1, 0.15) is 11.3 Å². The van der Waals surface area contributed by atoms with Gasteiger partial charge < -0.3 is 0 Å². The fourth-order valence-electron chi connectivity index (χ4n) is 2.69. The van der Waals surface area contributed by atoms with Crippen LogP contribution in [0.25, 0.3) is 10.9 Å². The number of hydroxylamine groups is 1. The van der Waals surface area contributed by atoms with Crippen LogP contribution in [0.2, 0.25) is 0 Å². The molecule has 0 N–H and O–H groups in total. The number of pyridine rings is 1. The first kappa shape index (κ1) is 13.0. The van der Waals surface area contributed by atoms with Crippen molar-refractivity contribution in [3.8, 4) is 0 Å². The number of carbonyl (C=O) groups excluding carboxylic acids is 1. The topological polar surface area (TPSA) is 42.4 Å². The average Bonchev–Trinajstić information content (AvgIpc) is 2.88. The smallest absolute Gasteiger partial charge is 0.255 e. The average molecular weight is 290 g/mol. The van der Waals surface area contributed by atoms with Crippen molar-refractivity contribution in [3.05, 3.63) is 71.9 Å². The summed E-state index contributed by atoms with van der Waals surface area (Å²) in [6, 6.07) is 19.6. The van der Waals surface area contributed by atoms with Crippen molar-refractivity contribution in [1.82, 2.24) is 4.98 Å². The minimum Gasteiger partial charge on any atom is -0.272 e. The summed E-state index contributed by atoms with van der Waals surface area (Å²) >= 11 is 0. The zero-order chi connectivity index (χ0) is 14.9. The molecule has 108 valence electrons. The Labute approximate surface area is 127 Å². The SMILES string of the molecule is O=C1Cc2ccccc2N1OCc1ccc2ccccc2n1. The van der Waals surface area contributed by atoms with E-state index in [4.69, 9.17) is 4.84 Å². The standard InChI is InChI=1S/C18H14N2O2/c21-18-11-14-6-2-4-8-17(14)20(18)22-12-15-10-9-13-5-1-3-7-16(13)19-15/h1-10H,11-12H2. The lowest BCUT2D eigenvalue weighted by Crippen LogP contribution is -2.26. The quantitative estimate of drug-likeness (QED) is 0.743. The molecule has 22 heavy (non-hydrogen) atoms. The van der Waals surface area contributed by atoms with Gasteiger partial charge in [0.05, 0.1) is 23.3 Å². The molecule has 2 heterocycles. The molecule has 1 aliphatic heterocycles. The van der Waals surface area contributed by atoms with Crippen LogP contribution in [0, 0.1) is 0 Å². The summed E-state index contributed by atoms with van der Waals surface area (Å²) in [4.78, 5) is 22.3. The molecular formula is C18H14N2O2. The molecule has 0 unspecified atom stereocenters. The van der Waals surface area contributed by atoms with Gasteiger partial charge in [-0.05, 0) is 23.8 Å². The summed E-state index contributed by atoms with van der Waals surface area (Å²) in [5.41, 5.74) is 3.56. The molecule has 2 aromatic carbocycles. The molecule has 0 saturated heterocycles. The van der Waals surface area contributed by atoms with Crippen molar-refractivity contribution < 1.29 is 9.63 Å². The highest BCUT2D eigenvalue weighted by Gasteiger charge is 2.27. The van der Waals surface area contributed by atoms with Crippen LogP contribution in [0.3, 0.4) is 0 Å². The normalized spacial score (nSPS) is 13.6. The molecule has 1 aromatic heterocycles. The number of anilines is 1. The van der Waals surface area contributed by atoms with Crippen LogP contribution in [-0.4, -0.2) is 10.9 Å². The van der Waals surface area contributed by atoms with Crippen molar-refractivity contribution in [1.29, 1.82) is 0 Å². The van der Waals surface area contributed by atoms with Crippen LogP contribution in [0.5, 0.6) is 0 Å². The van der Waals surface area contributed by atoms with E-state index in [1.54, 1.807) is 0 Å². The summed E-state index contributed by atoms with van der Waals surface area (Å²) in [6.07, 6.45) is 0.390. The molecule has 0 fully saturated rings. The van der Waals surface area contributed by atoms with Crippen LogP contribution in [0.4, 0.5) is 5.69 Å². The third kappa shape index (κ3) is 2.23. The van der Waals surface area contributed by atoms with E-state index in [-0.39, 0.29) is 12.5 Å². The van der Waals surface area contributed by atoms with Gasteiger partial charge in [-0.3, -0.25) is 14.6 Å². The van der Waals surface area contributed by atoms with Gasteiger partial charge in [0.25, 0.3) is 5.91 Å². The van der Waals surface area contributed by atoms with Gasteiger partial charge in [-0.1, -0.05) is 42.5 Å². The molecule has 4 nitrogen and oxygen atoms in total. The van der Waals surface area contributed by atoms with E-state index >= 15 is 0 Å². The molecule has 1 aliphatic rings. The predicted octanol–water partition coefficient (Wildman–Crippen LogP) is 3.26. The summed E-state index contributed by atoms with van der Waals surface area (Å²) in [5.74, 6) is -0.0398. The number of amides is 1. The number of para-hydroxylation sites is 2. The number of aromatic nitrogens is 1. The zero-order valence-corrected chi connectivity index (χ0v) is 11.9. The van der Waals surface area contributed by atoms with E-state index < -0.39 is 0 Å². The Morgan fingerprint density at radius 2 is 1.82 bits per heavy atom. The fraction of sp³-hybridized carbons (Fsp3) is 0.111. The van der Waals surface area contributed by atoms with E-state index in [9.17, 15) is 4.79 Å². The number of hydrogen-bond acceptors (Lipinski definition) is 3. The number of benzene rings is 2. The van der Waals surface area contributed by atoms with Crippen LogP contribution >= 0.6 is 0 Å². The predicted molar refractivity (Wildman–Crippen MR) is 84.2 cm³/mol. The van der Waals surface area contributed by atoms with Gasteiger partial charge in [0.15, 0.2) is 0 Å². The van der Waals surface area contributed by atoms with Crippen molar-refractivity contribution in [2.45, 2.75) is 13.0 Å². The number of carbonyl (C=O) groups is 1. The largest absolute Gasteiger partial charge is 0.272 e. The molecule has 4 rings (SSSR count). The Morgan fingerprint density at radius 1 is 1.00 bits per heavy atom. The third-order valence-electron chi connectivity index (χ3n) is 3.78. The molecule has 0 radical (unpaired) electrons. The maximum absolute atomic E-state index is 12.0. The lowest BCUT2D eigenvalue weighted by atomic mass is 10.2. The highest BCUT2D eigenvalue weighted by Crippen LogP contribution is 2.29. The number of nitrogens with zero attached hydrogens (tertiary/aromatic N) is 2. The first-order chi connectivity index (χ1) is 10.8. The molecule has 0 spiro atoms. The monoisotopic (exact) mass is 290 g/mol. The van der Waals surface area contributed by atoms with Gasteiger partial charge in [-0.25, -0.2) is 0 Å². The minimum atomic E-state index is -0.0398. The third-order valence-corrected chi connectivity index (χ3v) is 3.78. The van der Waals surface area contributed by atoms with Crippen molar-refractivity contribution in [3.63, 3.8) is 0 Å². The highest BCUT2D eigenvalue weighted by atomic mass is 16.7. The molecule has 3 aromatic rings. The minimum absolute atomic E-state index is 0.0398. The van der Waals surface area contributed by atoms with Gasteiger partial charge in [0, 0.05) is 5.39 Å². The lowest BCUT2D eigenvalue weighted by Gasteiger charge is -2.16. The first-order valence-electron chi connectivity index (χ1n) is 7.20. The maximum atomic E-state index is 12.0. The highest BCUT2D eigenvalue weighted by molar-refractivity contribution is 5.99. The summed E-state index contributed by atoms with van der Waals surface area (Å²) in [6.45, 7) is 0.269. The van der Waals surface area contributed by atoms with E-state index in [2.05, 4.69) is 4.98 Å². The van der Waals surface area contributed by atoms with Gasteiger partial charge in [0.2, 0.25) is 0 Å². The van der Waals surface area contributed by atoms with Gasteiger partial charge in [-0.15, -0.1) is 0 Å². The second-order valence-electron chi connectivity index (χ2n) is 5.26. The molecule has 0 aliphatic carbocycles. The van der Waals surface area contributed by atoms with Gasteiger partial charge in [-0.2, -0.15) is 5.06 Å². The van der Waals surface area contributed by atoms with Crippen molar-refractivity contribution in [2.75, 3.05) is 5.06 Å². The van der Waals surface area contributed by atoms with E-state index in [0.717, 1.165) is 27.8 Å². The number of rotatable bonds is 3. The maximum Gasteiger partial charge on any atom is 0.255 e. The Balaban J connectivity index is 1.55.